The summed E-state index contributed by atoms with van der Waals surface area (Å²) in [6, 6.07) is 10.7. The SMILES string of the molecule is COc1ccc2[nH]c([C@@H]3CC[C@@H](I)N3C(=O)c3cc(Cl)ccc3-n3nccn3)nc2c1. The van der Waals surface area contributed by atoms with Gasteiger partial charge in [-0.05, 0) is 43.2 Å². The molecular weight excluding hydrogens is 531 g/mol. The van der Waals surface area contributed by atoms with Crippen LogP contribution in [-0.2, 0) is 0 Å². The van der Waals surface area contributed by atoms with Crippen LogP contribution in [0.4, 0.5) is 0 Å². The number of aromatic amines is 1. The number of nitrogens with zero attached hydrogens (tertiary/aromatic N) is 5. The molecule has 10 heteroatoms. The van der Waals surface area contributed by atoms with Crippen LogP contribution in [0.2, 0.25) is 5.02 Å². The number of fused-ring (bicyclic) bond motifs is 1. The van der Waals surface area contributed by atoms with E-state index in [0.717, 1.165) is 35.4 Å². The summed E-state index contributed by atoms with van der Waals surface area (Å²) in [5.41, 5.74) is 2.75. The standard InChI is InChI=1S/C21H18ClIN6O2/c1-31-13-3-4-15-16(11-13)27-20(26-15)18-6-7-19(23)28(18)21(30)14-10-12(22)2-5-17(14)29-24-8-9-25-29/h2-5,8-11,18-19H,6-7H2,1H3,(H,26,27)/t18-,19-/m0/s1. The summed E-state index contributed by atoms with van der Waals surface area (Å²) in [4.78, 5) is 25.2. The predicted molar refractivity (Wildman–Crippen MR) is 125 cm³/mol. The van der Waals surface area contributed by atoms with Gasteiger partial charge in [0.05, 0.1) is 51.9 Å². The molecule has 1 aliphatic heterocycles. The number of hydrogen-bond donors (Lipinski definition) is 1. The van der Waals surface area contributed by atoms with Crippen molar-refractivity contribution in [2.75, 3.05) is 7.11 Å². The zero-order valence-corrected chi connectivity index (χ0v) is 19.4. The maximum Gasteiger partial charge on any atom is 0.257 e. The first-order valence-electron chi connectivity index (χ1n) is 9.72. The van der Waals surface area contributed by atoms with Crippen LogP contribution in [0, 0.1) is 0 Å². The second-order valence-corrected chi connectivity index (χ2v) is 9.10. The van der Waals surface area contributed by atoms with Gasteiger partial charge in [0.15, 0.2) is 0 Å². The van der Waals surface area contributed by atoms with E-state index >= 15 is 0 Å². The summed E-state index contributed by atoms with van der Waals surface area (Å²) >= 11 is 8.56. The summed E-state index contributed by atoms with van der Waals surface area (Å²) in [5.74, 6) is 1.37. The number of imidazole rings is 1. The summed E-state index contributed by atoms with van der Waals surface area (Å²) in [7, 11) is 1.63. The van der Waals surface area contributed by atoms with Crippen LogP contribution in [0.3, 0.4) is 0 Å². The fraction of sp³-hybridized carbons (Fsp3) is 0.238. The molecule has 2 atom stereocenters. The molecule has 2 aromatic carbocycles. The Bertz CT molecular complexity index is 1260. The molecule has 0 radical (unpaired) electrons. The number of halogens is 2. The molecule has 1 aliphatic rings. The first-order valence-corrected chi connectivity index (χ1v) is 11.3. The van der Waals surface area contributed by atoms with E-state index in [1.165, 1.54) is 4.80 Å². The first kappa shape index (κ1) is 20.3. The zero-order valence-electron chi connectivity index (χ0n) is 16.5. The topological polar surface area (TPSA) is 88.9 Å². The number of amides is 1. The van der Waals surface area contributed by atoms with Crippen LogP contribution in [0.5, 0.6) is 5.75 Å². The minimum Gasteiger partial charge on any atom is -0.497 e. The molecular formula is C21H18ClIN6O2. The lowest BCUT2D eigenvalue weighted by Gasteiger charge is -2.27. The molecule has 2 aromatic heterocycles. The van der Waals surface area contributed by atoms with Crippen molar-refractivity contribution in [1.29, 1.82) is 0 Å². The smallest absolute Gasteiger partial charge is 0.257 e. The van der Waals surface area contributed by atoms with Crippen LogP contribution in [0.1, 0.15) is 35.1 Å². The number of methoxy groups -OCH3 is 1. The van der Waals surface area contributed by atoms with Gasteiger partial charge in [0, 0.05) is 11.1 Å². The zero-order chi connectivity index (χ0) is 21.5. The van der Waals surface area contributed by atoms with Crippen molar-refractivity contribution in [3.8, 4) is 11.4 Å². The Morgan fingerprint density at radius 3 is 2.77 bits per heavy atom. The van der Waals surface area contributed by atoms with Crippen LogP contribution in [-0.4, -0.2) is 46.9 Å². The third kappa shape index (κ3) is 3.65. The molecule has 1 fully saturated rings. The maximum absolute atomic E-state index is 13.8. The van der Waals surface area contributed by atoms with E-state index in [2.05, 4.69) is 37.8 Å². The molecule has 0 saturated carbocycles. The van der Waals surface area contributed by atoms with Crippen molar-refractivity contribution in [1.82, 2.24) is 29.9 Å². The minimum absolute atomic E-state index is 0.0234. The van der Waals surface area contributed by atoms with Crippen molar-refractivity contribution in [2.45, 2.75) is 22.9 Å². The number of hydrogen-bond acceptors (Lipinski definition) is 5. The number of alkyl halides is 1. The van der Waals surface area contributed by atoms with E-state index in [9.17, 15) is 4.79 Å². The quantitative estimate of drug-likeness (QED) is 0.230. The number of benzene rings is 2. The Hall–Kier alpha value is -2.66. The van der Waals surface area contributed by atoms with E-state index in [1.807, 2.05) is 23.1 Å². The molecule has 1 saturated heterocycles. The first-order chi connectivity index (χ1) is 15.0. The fourth-order valence-electron chi connectivity index (χ4n) is 3.93. The van der Waals surface area contributed by atoms with Crippen LogP contribution in [0.15, 0.2) is 48.8 Å². The molecule has 8 nitrogen and oxygen atoms in total. The maximum atomic E-state index is 13.8. The number of carbonyl (C=O) groups excluding carboxylic acids is 1. The van der Waals surface area contributed by atoms with Crippen molar-refractivity contribution in [3.63, 3.8) is 0 Å². The molecule has 0 unspecified atom stereocenters. The van der Waals surface area contributed by atoms with E-state index in [4.69, 9.17) is 21.3 Å². The highest BCUT2D eigenvalue weighted by Crippen LogP contribution is 2.40. The van der Waals surface area contributed by atoms with Gasteiger partial charge in [0.1, 0.15) is 11.6 Å². The van der Waals surface area contributed by atoms with Crippen molar-refractivity contribution in [2.24, 2.45) is 0 Å². The molecule has 4 aromatic rings. The predicted octanol–water partition coefficient (Wildman–Crippen LogP) is 4.54. The van der Waals surface area contributed by atoms with E-state index < -0.39 is 0 Å². The molecule has 5 rings (SSSR count). The number of aromatic nitrogens is 5. The molecule has 0 spiro atoms. The van der Waals surface area contributed by atoms with Crippen molar-refractivity contribution in [3.05, 3.63) is 65.2 Å². The van der Waals surface area contributed by atoms with Gasteiger partial charge < -0.3 is 14.6 Å². The number of nitrogens with one attached hydrogen (secondary N) is 1. The third-order valence-electron chi connectivity index (χ3n) is 5.40. The lowest BCUT2D eigenvalue weighted by molar-refractivity contribution is 0.0720. The van der Waals surface area contributed by atoms with Crippen LogP contribution < -0.4 is 4.74 Å². The summed E-state index contributed by atoms with van der Waals surface area (Å²) in [5, 5.41) is 8.86. The molecule has 158 valence electrons. The number of ether oxygens (including phenoxy) is 1. The van der Waals surface area contributed by atoms with E-state index in [0.29, 0.717) is 16.3 Å². The van der Waals surface area contributed by atoms with Gasteiger partial charge in [-0.1, -0.05) is 34.2 Å². The largest absolute Gasteiger partial charge is 0.497 e. The van der Waals surface area contributed by atoms with Gasteiger partial charge in [0.2, 0.25) is 0 Å². The highest BCUT2D eigenvalue weighted by molar-refractivity contribution is 14.1. The number of carbonyl (C=O) groups is 1. The highest BCUT2D eigenvalue weighted by Gasteiger charge is 2.39. The van der Waals surface area contributed by atoms with Gasteiger partial charge in [-0.3, -0.25) is 4.79 Å². The van der Waals surface area contributed by atoms with Crippen LogP contribution in [0.25, 0.3) is 16.7 Å². The third-order valence-corrected chi connectivity index (χ3v) is 6.86. The summed E-state index contributed by atoms with van der Waals surface area (Å²) in [6.45, 7) is 0. The van der Waals surface area contributed by atoms with Crippen molar-refractivity contribution >= 4 is 51.1 Å². The normalized spacial score (nSPS) is 18.6. The second-order valence-electron chi connectivity index (χ2n) is 7.23. The summed E-state index contributed by atoms with van der Waals surface area (Å²) < 4.78 is 5.33. The monoisotopic (exact) mass is 548 g/mol. The Kier molecular flexibility index (Phi) is 5.30. The Morgan fingerprint density at radius 1 is 1.19 bits per heavy atom. The van der Waals surface area contributed by atoms with Crippen LogP contribution >= 0.6 is 34.2 Å². The van der Waals surface area contributed by atoms with Gasteiger partial charge >= 0.3 is 0 Å². The Balaban J connectivity index is 1.55. The lowest BCUT2D eigenvalue weighted by atomic mass is 10.1. The Morgan fingerprint density at radius 2 is 2.00 bits per heavy atom. The summed E-state index contributed by atoms with van der Waals surface area (Å²) in [6.07, 6.45) is 4.83. The minimum atomic E-state index is -0.176. The molecule has 0 bridgehead atoms. The van der Waals surface area contributed by atoms with Gasteiger partial charge in [-0.15, -0.1) is 0 Å². The number of H-pyrrole nitrogens is 1. The molecule has 0 aliphatic carbocycles. The fourth-order valence-corrected chi connectivity index (χ4v) is 5.10. The van der Waals surface area contributed by atoms with Gasteiger partial charge in [0.25, 0.3) is 5.91 Å². The molecule has 1 amide bonds. The second kappa shape index (κ2) is 8.12. The van der Waals surface area contributed by atoms with Gasteiger partial charge in [-0.25, -0.2) is 4.98 Å². The van der Waals surface area contributed by atoms with E-state index in [1.54, 1.807) is 37.7 Å². The van der Waals surface area contributed by atoms with E-state index in [-0.39, 0.29) is 16.0 Å². The average Bonchev–Trinajstić information content (AvgIpc) is 3.52. The molecule has 31 heavy (non-hydrogen) atoms. The number of likely N-dealkylation sites (tertiary alicyclic amines) is 1. The highest BCUT2D eigenvalue weighted by atomic mass is 127. The number of rotatable bonds is 4. The molecule has 3 heterocycles. The van der Waals surface area contributed by atoms with Crippen molar-refractivity contribution < 1.29 is 9.53 Å². The lowest BCUT2D eigenvalue weighted by Crippen LogP contribution is -2.35. The Labute approximate surface area is 196 Å². The molecule has 1 N–H and O–H groups in total. The van der Waals surface area contributed by atoms with Gasteiger partial charge in [-0.2, -0.15) is 15.0 Å². The average molecular weight is 549 g/mol.